The zero-order valence-electron chi connectivity index (χ0n) is 17.1. The molecule has 154 valence electrons. The summed E-state index contributed by atoms with van der Waals surface area (Å²) >= 11 is 0. The summed E-state index contributed by atoms with van der Waals surface area (Å²) in [6.07, 6.45) is 7.86. The van der Waals surface area contributed by atoms with Gasteiger partial charge < -0.3 is 26.6 Å². The molecule has 2 aromatic carbocycles. The topological polar surface area (TPSA) is 47.4 Å². The summed E-state index contributed by atoms with van der Waals surface area (Å²) < 4.78 is 6.75. The first-order valence-corrected chi connectivity index (χ1v) is 9.53. The van der Waals surface area contributed by atoms with Crippen LogP contribution in [0, 0.1) is 0 Å². The van der Waals surface area contributed by atoms with Gasteiger partial charge in [-0.15, -0.1) is 0 Å². The molecule has 0 aliphatic rings. The van der Waals surface area contributed by atoms with Crippen molar-refractivity contribution in [1.29, 1.82) is 0 Å². The SMILES string of the molecule is COc1ccc(/C=C/c2ccc3c(=O)n(CCCCN(C)C)ncc3c2)cc1.[Br-]. The number of rotatable bonds is 8. The highest BCUT2D eigenvalue weighted by molar-refractivity contribution is 5.84. The number of benzene rings is 2. The van der Waals surface area contributed by atoms with Gasteiger partial charge in [0.05, 0.1) is 18.7 Å². The second-order valence-electron chi connectivity index (χ2n) is 7.14. The van der Waals surface area contributed by atoms with Crippen LogP contribution in [0.15, 0.2) is 53.5 Å². The maximum absolute atomic E-state index is 12.7. The first-order chi connectivity index (χ1) is 13.6. The third kappa shape index (κ3) is 6.27. The molecule has 1 aromatic heterocycles. The van der Waals surface area contributed by atoms with Gasteiger partial charge in [-0.3, -0.25) is 4.79 Å². The number of unbranched alkanes of at least 4 members (excludes halogenated alkanes) is 1. The van der Waals surface area contributed by atoms with E-state index in [-0.39, 0.29) is 22.5 Å². The van der Waals surface area contributed by atoms with Crippen LogP contribution in [0.25, 0.3) is 22.9 Å². The van der Waals surface area contributed by atoms with E-state index in [4.69, 9.17) is 4.74 Å². The van der Waals surface area contributed by atoms with E-state index in [1.165, 1.54) is 0 Å². The molecule has 5 nitrogen and oxygen atoms in total. The highest BCUT2D eigenvalue weighted by Gasteiger charge is 2.05. The van der Waals surface area contributed by atoms with Crippen molar-refractivity contribution in [1.82, 2.24) is 14.7 Å². The van der Waals surface area contributed by atoms with Gasteiger partial charge in [-0.2, -0.15) is 5.10 Å². The van der Waals surface area contributed by atoms with Crippen molar-refractivity contribution in [3.05, 3.63) is 70.1 Å². The summed E-state index contributed by atoms with van der Waals surface area (Å²) in [7, 11) is 5.77. The molecule has 0 saturated heterocycles. The molecule has 0 saturated carbocycles. The van der Waals surface area contributed by atoms with Crippen LogP contribution in [0.3, 0.4) is 0 Å². The Morgan fingerprint density at radius 2 is 1.72 bits per heavy atom. The quantitative estimate of drug-likeness (QED) is 0.373. The van der Waals surface area contributed by atoms with Crippen LogP contribution >= 0.6 is 0 Å². The molecule has 0 amide bonds. The van der Waals surface area contributed by atoms with Gasteiger partial charge in [0.25, 0.3) is 5.56 Å². The third-order valence-electron chi connectivity index (χ3n) is 4.69. The molecule has 6 heteroatoms. The second-order valence-corrected chi connectivity index (χ2v) is 7.14. The summed E-state index contributed by atoms with van der Waals surface area (Å²) in [5.41, 5.74) is 2.11. The van der Waals surface area contributed by atoms with Crippen molar-refractivity contribution in [2.24, 2.45) is 0 Å². The maximum atomic E-state index is 12.7. The molecular weight excluding hydrogens is 430 g/mol. The first-order valence-electron chi connectivity index (χ1n) is 9.53. The average molecular weight is 457 g/mol. The van der Waals surface area contributed by atoms with Crippen molar-refractivity contribution in [3.63, 3.8) is 0 Å². The highest BCUT2D eigenvalue weighted by Crippen LogP contribution is 2.16. The first kappa shape index (κ1) is 22.8. The minimum Gasteiger partial charge on any atom is -1.00 e. The lowest BCUT2D eigenvalue weighted by atomic mass is 10.1. The van der Waals surface area contributed by atoms with E-state index in [0.29, 0.717) is 11.9 Å². The molecule has 3 aromatic rings. The number of hydrogen-bond acceptors (Lipinski definition) is 4. The molecular formula is C23H27BrN3O2-. The smallest absolute Gasteiger partial charge is 0.274 e. The van der Waals surface area contributed by atoms with Crippen LogP contribution in [0.4, 0.5) is 0 Å². The molecule has 0 spiro atoms. The molecule has 0 atom stereocenters. The Kier molecular flexibility index (Phi) is 8.61. The van der Waals surface area contributed by atoms with E-state index >= 15 is 0 Å². The van der Waals surface area contributed by atoms with Crippen LogP contribution in [-0.4, -0.2) is 42.4 Å². The van der Waals surface area contributed by atoms with Gasteiger partial charge in [0.15, 0.2) is 0 Å². The lowest BCUT2D eigenvalue weighted by Crippen LogP contribution is -3.00. The van der Waals surface area contributed by atoms with Gasteiger partial charge in [0.1, 0.15) is 5.75 Å². The molecule has 3 rings (SSSR count). The Morgan fingerprint density at radius 1 is 1.03 bits per heavy atom. The fraction of sp³-hybridized carbons (Fsp3) is 0.304. The van der Waals surface area contributed by atoms with Crippen LogP contribution in [0.5, 0.6) is 5.75 Å². The van der Waals surface area contributed by atoms with Crippen LogP contribution < -0.4 is 27.3 Å². The van der Waals surface area contributed by atoms with Gasteiger partial charge >= 0.3 is 0 Å². The normalized spacial score (nSPS) is 11.2. The molecule has 1 heterocycles. The Balaban J connectivity index is 0.00000300. The van der Waals surface area contributed by atoms with Gasteiger partial charge in [0.2, 0.25) is 0 Å². The van der Waals surface area contributed by atoms with E-state index < -0.39 is 0 Å². The summed E-state index contributed by atoms with van der Waals surface area (Å²) in [4.78, 5) is 14.8. The molecule has 0 fully saturated rings. The molecule has 0 bridgehead atoms. The van der Waals surface area contributed by atoms with E-state index in [0.717, 1.165) is 41.6 Å². The number of halogens is 1. The van der Waals surface area contributed by atoms with Gasteiger partial charge in [-0.05, 0) is 68.9 Å². The van der Waals surface area contributed by atoms with Crippen molar-refractivity contribution in [2.75, 3.05) is 27.7 Å². The zero-order chi connectivity index (χ0) is 19.9. The number of nitrogens with zero attached hydrogens (tertiary/aromatic N) is 3. The van der Waals surface area contributed by atoms with Crippen molar-refractivity contribution in [3.8, 4) is 5.75 Å². The minimum absolute atomic E-state index is 0. The van der Waals surface area contributed by atoms with E-state index in [1.54, 1.807) is 18.0 Å². The Morgan fingerprint density at radius 3 is 2.41 bits per heavy atom. The van der Waals surface area contributed by atoms with E-state index in [2.05, 4.69) is 24.1 Å². The maximum Gasteiger partial charge on any atom is 0.274 e. The Bertz CT molecular complexity index is 1010. The van der Waals surface area contributed by atoms with Crippen molar-refractivity contribution >= 4 is 22.9 Å². The lowest BCUT2D eigenvalue weighted by Gasteiger charge is -2.10. The Hall–Kier alpha value is -2.44. The number of aryl methyl sites for hydroxylation is 1. The second kappa shape index (κ2) is 10.9. The minimum atomic E-state index is -0.0203. The fourth-order valence-electron chi connectivity index (χ4n) is 3.07. The third-order valence-corrected chi connectivity index (χ3v) is 4.69. The molecule has 0 aliphatic heterocycles. The predicted molar refractivity (Wildman–Crippen MR) is 116 cm³/mol. The summed E-state index contributed by atoms with van der Waals surface area (Å²) in [6.45, 7) is 1.67. The van der Waals surface area contributed by atoms with Crippen molar-refractivity contribution in [2.45, 2.75) is 19.4 Å². The van der Waals surface area contributed by atoms with E-state index in [1.807, 2.05) is 54.6 Å². The van der Waals surface area contributed by atoms with Crippen molar-refractivity contribution < 1.29 is 21.7 Å². The summed E-state index contributed by atoms with van der Waals surface area (Å²) in [5.74, 6) is 0.840. The van der Waals surface area contributed by atoms with Gasteiger partial charge in [-0.1, -0.05) is 30.4 Å². The largest absolute Gasteiger partial charge is 1.00 e. The molecule has 29 heavy (non-hydrogen) atoms. The van der Waals surface area contributed by atoms with Gasteiger partial charge in [-0.25, -0.2) is 4.68 Å². The zero-order valence-corrected chi connectivity index (χ0v) is 18.7. The molecule has 0 aliphatic carbocycles. The fourth-order valence-corrected chi connectivity index (χ4v) is 3.07. The molecule has 0 radical (unpaired) electrons. The summed E-state index contributed by atoms with van der Waals surface area (Å²) in [6, 6.07) is 13.7. The molecule has 0 N–H and O–H groups in total. The Labute approximate surface area is 182 Å². The summed E-state index contributed by atoms with van der Waals surface area (Å²) in [5, 5.41) is 5.93. The standard InChI is InChI=1S/C23H27N3O2.BrH/c1-25(2)14-4-5-15-26-23(27)22-13-10-19(16-20(22)17-24-26)7-6-18-8-11-21(28-3)12-9-18;/h6-13,16-17H,4-5,14-15H2,1-3H3;1H/p-1/b7-6+;. The number of ether oxygens (including phenoxy) is 1. The number of fused-ring (bicyclic) bond motifs is 1. The monoisotopic (exact) mass is 456 g/mol. The van der Waals surface area contributed by atoms with E-state index in [9.17, 15) is 4.79 Å². The van der Waals surface area contributed by atoms with Gasteiger partial charge in [0, 0.05) is 11.9 Å². The average Bonchev–Trinajstić information content (AvgIpc) is 2.71. The highest BCUT2D eigenvalue weighted by atomic mass is 79.9. The lowest BCUT2D eigenvalue weighted by molar-refractivity contribution is -0.00000610. The van der Waals surface area contributed by atoms with Crippen LogP contribution in [0.2, 0.25) is 0 Å². The number of methoxy groups -OCH3 is 1. The number of aromatic nitrogens is 2. The number of hydrogen-bond donors (Lipinski definition) is 0. The predicted octanol–water partition coefficient (Wildman–Crippen LogP) is 0.921. The van der Waals surface area contributed by atoms with Crippen LogP contribution in [-0.2, 0) is 6.54 Å². The van der Waals surface area contributed by atoms with Crippen LogP contribution in [0.1, 0.15) is 24.0 Å². The molecule has 0 unspecified atom stereocenters.